The molecule has 2 rings (SSSR count). The number of rotatable bonds is 4. The van der Waals surface area contributed by atoms with Gasteiger partial charge in [0, 0.05) is 13.2 Å². The smallest absolute Gasteiger partial charge is 0.214 e. The van der Waals surface area contributed by atoms with Gasteiger partial charge in [0.05, 0.1) is 11.2 Å². The molecule has 1 aliphatic heterocycles. The van der Waals surface area contributed by atoms with Crippen molar-refractivity contribution in [3.63, 3.8) is 0 Å². The van der Waals surface area contributed by atoms with E-state index in [1.165, 1.54) is 6.20 Å². The molecule has 0 unspecified atom stereocenters. The number of halogens is 1. The van der Waals surface area contributed by atoms with Gasteiger partial charge < -0.3 is 10.1 Å². The molecular formula is C13H20ClN3O2. The first-order valence-electron chi connectivity index (χ1n) is 6.55. The maximum Gasteiger partial charge on any atom is 0.214 e. The first kappa shape index (κ1) is 14.5. The van der Waals surface area contributed by atoms with E-state index in [0.717, 1.165) is 13.1 Å². The van der Waals surface area contributed by atoms with Crippen molar-refractivity contribution in [3.8, 4) is 0 Å². The second-order valence-electron chi connectivity index (χ2n) is 5.16. The van der Waals surface area contributed by atoms with E-state index in [1.807, 2.05) is 13.8 Å². The van der Waals surface area contributed by atoms with Crippen LogP contribution in [0.3, 0.4) is 0 Å². The lowest BCUT2D eigenvalue weighted by Crippen LogP contribution is -2.50. The van der Waals surface area contributed by atoms with E-state index in [9.17, 15) is 4.79 Å². The van der Waals surface area contributed by atoms with Gasteiger partial charge in [-0.3, -0.25) is 9.48 Å². The van der Waals surface area contributed by atoms with Crippen LogP contribution < -0.4 is 5.32 Å². The van der Waals surface area contributed by atoms with Crippen LogP contribution in [0, 0.1) is 0 Å². The Hall–Kier alpha value is -0.910. The first-order chi connectivity index (χ1) is 9.02. The highest BCUT2D eigenvalue weighted by Crippen LogP contribution is 2.31. The number of methoxy groups -OCH3 is 1. The van der Waals surface area contributed by atoms with E-state index in [2.05, 4.69) is 10.4 Å². The first-order valence-corrected chi connectivity index (χ1v) is 6.93. The summed E-state index contributed by atoms with van der Waals surface area (Å²) in [6.45, 7) is 5.49. The van der Waals surface area contributed by atoms with E-state index in [4.69, 9.17) is 16.3 Å². The van der Waals surface area contributed by atoms with Gasteiger partial charge in [-0.25, -0.2) is 0 Å². The van der Waals surface area contributed by atoms with Crippen LogP contribution in [0.15, 0.2) is 6.20 Å². The molecule has 0 aliphatic carbocycles. The van der Waals surface area contributed by atoms with Crippen molar-refractivity contribution in [2.75, 3.05) is 20.2 Å². The number of hydrogen-bond acceptors (Lipinski definition) is 4. The van der Waals surface area contributed by atoms with Gasteiger partial charge >= 0.3 is 0 Å². The van der Waals surface area contributed by atoms with Crippen LogP contribution in [-0.4, -0.2) is 41.4 Å². The number of ketones is 1. The SMILES string of the molecule is COC1(C(=O)c2c(Cl)cnn2C(C)C)CCNCC1. The number of nitrogens with one attached hydrogen (secondary N) is 1. The van der Waals surface area contributed by atoms with E-state index in [0.29, 0.717) is 23.6 Å². The molecule has 19 heavy (non-hydrogen) atoms. The number of Topliss-reactive ketones (excluding diaryl/α,β-unsaturated/α-hetero) is 1. The standard InChI is InChI=1S/C13H20ClN3O2/c1-9(2)17-11(10(14)8-16-17)12(18)13(19-3)4-6-15-7-5-13/h8-9,15H,4-7H2,1-3H3. The topological polar surface area (TPSA) is 56.1 Å². The molecule has 5 nitrogen and oxygen atoms in total. The maximum atomic E-state index is 12.9. The molecule has 0 amide bonds. The third kappa shape index (κ3) is 2.55. The molecule has 1 aliphatic rings. The fourth-order valence-corrected chi connectivity index (χ4v) is 2.73. The zero-order chi connectivity index (χ0) is 14.0. The zero-order valence-electron chi connectivity index (χ0n) is 11.6. The van der Waals surface area contributed by atoms with Gasteiger partial charge in [-0.1, -0.05) is 11.6 Å². The largest absolute Gasteiger partial charge is 0.370 e. The minimum atomic E-state index is -0.776. The molecule has 0 bridgehead atoms. The number of nitrogens with zero attached hydrogens (tertiary/aromatic N) is 2. The van der Waals surface area contributed by atoms with E-state index in [1.54, 1.807) is 11.8 Å². The van der Waals surface area contributed by atoms with Crippen molar-refractivity contribution in [3.05, 3.63) is 16.9 Å². The van der Waals surface area contributed by atoms with Crippen LogP contribution in [-0.2, 0) is 4.74 Å². The number of carbonyl (C=O) groups excluding carboxylic acids is 1. The Morgan fingerprint density at radius 3 is 2.68 bits per heavy atom. The van der Waals surface area contributed by atoms with Crippen LogP contribution in [0.4, 0.5) is 0 Å². The van der Waals surface area contributed by atoms with E-state index >= 15 is 0 Å². The molecule has 1 N–H and O–H groups in total. The van der Waals surface area contributed by atoms with Crippen molar-refractivity contribution < 1.29 is 9.53 Å². The minimum absolute atomic E-state index is 0.0623. The summed E-state index contributed by atoms with van der Waals surface area (Å²) < 4.78 is 7.24. The summed E-state index contributed by atoms with van der Waals surface area (Å²) in [5.74, 6) is -0.0623. The second kappa shape index (κ2) is 5.61. The van der Waals surface area contributed by atoms with Gasteiger partial charge in [0.25, 0.3) is 0 Å². The van der Waals surface area contributed by atoms with Gasteiger partial charge in [0.2, 0.25) is 5.78 Å². The zero-order valence-corrected chi connectivity index (χ0v) is 12.3. The molecule has 1 aromatic heterocycles. The molecule has 0 spiro atoms. The predicted molar refractivity (Wildman–Crippen MR) is 73.8 cm³/mol. The monoisotopic (exact) mass is 285 g/mol. The average Bonchev–Trinajstić information content (AvgIpc) is 2.80. The van der Waals surface area contributed by atoms with Crippen LogP contribution in [0.2, 0.25) is 5.02 Å². The van der Waals surface area contributed by atoms with Crippen LogP contribution in [0.5, 0.6) is 0 Å². The van der Waals surface area contributed by atoms with E-state index in [-0.39, 0.29) is 11.8 Å². The maximum absolute atomic E-state index is 12.9. The molecule has 0 atom stereocenters. The molecule has 6 heteroatoms. The predicted octanol–water partition coefficient (Wildman–Crippen LogP) is 2.07. The summed E-state index contributed by atoms with van der Waals surface area (Å²) in [6, 6.07) is 0.0853. The highest BCUT2D eigenvalue weighted by Gasteiger charge is 2.42. The third-order valence-corrected chi connectivity index (χ3v) is 3.95. The summed E-state index contributed by atoms with van der Waals surface area (Å²) in [4.78, 5) is 12.9. The summed E-state index contributed by atoms with van der Waals surface area (Å²) in [6.07, 6.45) is 2.84. The number of ether oxygens (including phenoxy) is 1. The number of piperidine rings is 1. The summed E-state index contributed by atoms with van der Waals surface area (Å²) in [7, 11) is 1.59. The number of carbonyl (C=O) groups is 1. The van der Waals surface area contributed by atoms with E-state index < -0.39 is 5.60 Å². The Morgan fingerprint density at radius 1 is 1.53 bits per heavy atom. The fourth-order valence-electron chi connectivity index (χ4n) is 2.52. The Bertz CT molecular complexity index is 464. The lowest BCUT2D eigenvalue weighted by molar-refractivity contribution is -0.0162. The van der Waals surface area contributed by atoms with Gasteiger partial charge in [0.15, 0.2) is 0 Å². The summed E-state index contributed by atoms with van der Waals surface area (Å²) >= 11 is 6.15. The van der Waals surface area contributed by atoms with Gasteiger partial charge in [-0.15, -0.1) is 0 Å². The van der Waals surface area contributed by atoms with Crippen LogP contribution in [0.25, 0.3) is 0 Å². The molecule has 1 aromatic rings. The molecule has 1 saturated heterocycles. The summed E-state index contributed by atoms with van der Waals surface area (Å²) in [5, 5.41) is 7.82. The van der Waals surface area contributed by atoms with Crippen molar-refractivity contribution in [1.82, 2.24) is 15.1 Å². The van der Waals surface area contributed by atoms with Crippen molar-refractivity contribution in [1.29, 1.82) is 0 Å². The van der Waals surface area contributed by atoms with Crippen molar-refractivity contribution in [2.45, 2.75) is 38.3 Å². The normalized spacial score (nSPS) is 18.8. The molecular weight excluding hydrogens is 266 g/mol. The molecule has 0 aromatic carbocycles. The molecule has 0 radical (unpaired) electrons. The second-order valence-corrected chi connectivity index (χ2v) is 5.56. The minimum Gasteiger partial charge on any atom is -0.370 e. The van der Waals surface area contributed by atoms with Crippen LogP contribution in [0.1, 0.15) is 43.2 Å². The fraction of sp³-hybridized carbons (Fsp3) is 0.692. The third-order valence-electron chi connectivity index (χ3n) is 3.67. The molecule has 106 valence electrons. The van der Waals surface area contributed by atoms with Crippen LogP contribution >= 0.6 is 11.6 Å². The Morgan fingerprint density at radius 2 is 2.16 bits per heavy atom. The Balaban J connectivity index is 2.40. The Labute approximate surface area is 118 Å². The van der Waals surface area contributed by atoms with Gasteiger partial charge in [-0.2, -0.15) is 5.10 Å². The molecule has 2 heterocycles. The molecule has 1 fully saturated rings. The van der Waals surface area contributed by atoms with Gasteiger partial charge in [-0.05, 0) is 39.8 Å². The average molecular weight is 286 g/mol. The highest BCUT2D eigenvalue weighted by atomic mass is 35.5. The van der Waals surface area contributed by atoms with Gasteiger partial charge in [0.1, 0.15) is 11.3 Å². The lowest BCUT2D eigenvalue weighted by atomic mass is 9.86. The highest BCUT2D eigenvalue weighted by molar-refractivity contribution is 6.34. The lowest BCUT2D eigenvalue weighted by Gasteiger charge is -2.35. The number of aromatic nitrogens is 2. The molecule has 0 saturated carbocycles. The van der Waals surface area contributed by atoms with Crippen molar-refractivity contribution in [2.24, 2.45) is 0 Å². The summed E-state index contributed by atoms with van der Waals surface area (Å²) in [5.41, 5.74) is -0.318. The Kier molecular flexibility index (Phi) is 4.28. The van der Waals surface area contributed by atoms with Crippen molar-refractivity contribution >= 4 is 17.4 Å². The number of hydrogen-bond donors (Lipinski definition) is 1. The quantitative estimate of drug-likeness (QED) is 0.861.